The molecule has 6 heteroatoms. The van der Waals surface area contributed by atoms with Crippen LogP contribution in [0.3, 0.4) is 0 Å². The van der Waals surface area contributed by atoms with E-state index in [1.54, 1.807) is 6.08 Å². The lowest BCUT2D eigenvalue weighted by Gasteiger charge is -2.12. The van der Waals surface area contributed by atoms with E-state index in [4.69, 9.17) is 4.74 Å². The highest BCUT2D eigenvalue weighted by Gasteiger charge is 2.34. The van der Waals surface area contributed by atoms with Crippen molar-refractivity contribution < 1.29 is 14.3 Å². The highest BCUT2D eigenvalue weighted by molar-refractivity contribution is 9.10. The molecule has 168 valence electrons. The first-order chi connectivity index (χ1) is 16.6. The van der Waals surface area contributed by atoms with Gasteiger partial charge in [-0.3, -0.25) is 14.5 Å². The zero-order valence-electron chi connectivity index (χ0n) is 18.1. The number of thioether (sulfide) groups is 1. The van der Waals surface area contributed by atoms with E-state index in [1.165, 1.54) is 15.7 Å². The Morgan fingerprint density at radius 3 is 2.47 bits per heavy atom. The summed E-state index contributed by atoms with van der Waals surface area (Å²) in [6, 6.07) is 29.6. The summed E-state index contributed by atoms with van der Waals surface area (Å²) in [6.07, 6.45) is 1.75. The largest absolute Gasteiger partial charge is 0.488 e. The molecule has 34 heavy (non-hydrogen) atoms. The summed E-state index contributed by atoms with van der Waals surface area (Å²) in [5.41, 5.74) is 2.84. The summed E-state index contributed by atoms with van der Waals surface area (Å²) in [5, 5.41) is 2.09. The maximum Gasteiger partial charge on any atom is 0.293 e. The summed E-state index contributed by atoms with van der Waals surface area (Å²) in [6.45, 7) is 0.713. The Morgan fingerprint density at radius 2 is 1.65 bits per heavy atom. The molecule has 2 amide bonds. The quantitative estimate of drug-likeness (QED) is 0.244. The van der Waals surface area contributed by atoms with Gasteiger partial charge >= 0.3 is 0 Å². The van der Waals surface area contributed by atoms with Gasteiger partial charge in [0.2, 0.25) is 0 Å². The van der Waals surface area contributed by atoms with E-state index in [0.29, 0.717) is 17.3 Å². The van der Waals surface area contributed by atoms with Gasteiger partial charge in [0.15, 0.2) is 0 Å². The highest BCUT2D eigenvalue weighted by atomic mass is 79.9. The Hall–Kier alpha value is -3.35. The van der Waals surface area contributed by atoms with Gasteiger partial charge in [-0.05, 0) is 73.4 Å². The minimum Gasteiger partial charge on any atom is -0.488 e. The average molecular weight is 530 g/mol. The number of ether oxygens (including phenoxy) is 1. The zero-order chi connectivity index (χ0) is 23.5. The third-order valence-corrected chi connectivity index (χ3v) is 7.10. The number of hydrogen-bond acceptors (Lipinski definition) is 4. The van der Waals surface area contributed by atoms with Gasteiger partial charge in [0.1, 0.15) is 12.4 Å². The predicted molar refractivity (Wildman–Crippen MR) is 140 cm³/mol. The van der Waals surface area contributed by atoms with Crippen LogP contribution in [-0.4, -0.2) is 16.0 Å². The molecule has 0 spiro atoms. The van der Waals surface area contributed by atoms with Crippen LogP contribution >= 0.6 is 27.7 Å². The number of benzene rings is 4. The van der Waals surface area contributed by atoms with Crippen LogP contribution in [0.1, 0.15) is 16.7 Å². The van der Waals surface area contributed by atoms with Crippen LogP contribution in [0.15, 0.2) is 100 Å². The predicted octanol–water partition coefficient (Wildman–Crippen LogP) is 7.42. The van der Waals surface area contributed by atoms with Crippen molar-refractivity contribution in [1.82, 2.24) is 4.90 Å². The highest BCUT2D eigenvalue weighted by Crippen LogP contribution is 2.35. The van der Waals surface area contributed by atoms with E-state index in [2.05, 4.69) is 40.2 Å². The SMILES string of the molecule is O=C1S/C(=C\c2ccc(OCc3cccc4ccccc34)c(Br)c2)C(=O)N1Cc1ccccc1. The Bertz CT molecular complexity index is 1410. The van der Waals surface area contributed by atoms with Gasteiger partial charge in [-0.2, -0.15) is 0 Å². The van der Waals surface area contributed by atoms with Crippen molar-refractivity contribution in [1.29, 1.82) is 0 Å². The lowest BCUT2D eigenvalue weighted by atomic mass is 10.1. The number of halogens is 1. The van der Waals surface area contributed by atoms with Crippen molar-refractivity contribution in [2.45, 2.75) is 13.2 Å². The second-order valence-electron chi connectivity index (χ2n) is 7.87. The van der Waals surface area contributed by atoms with Crippen molar-refractivity contribution in [3.63, 3.8) is 0 Å². The normalized spacial score (nSPS) is 14.9. The summed E-state index contributed by atoms with van der Waals surface area (Å²) in [7, 11) is 0. The molecule has 1 aliphatic rings. The molecule has 1 aliphatic heterocycles. The molecule has 1 heterocycles. The molecule has 5 rings (SSSR count). The van der Waals surface area contributed by atoms with E-state index in [-0.39, 0.29) is 17.7 Å². The monoisotopic (exact) mass is 529 g/mol. The fraction of sp³-hybridized carbons (Fsp3) is 0.0714. The average Bonchev–Trinajstić information content (AvgIpc) is 3.11. The second kappa shape index (κ2) is 9.87. The van der Waals surface area contributed by atoms with Crippen LogP contribution in [0.2, 0.25) is 0 Å². The number of carbonyl (C=O) groups excluding carboxylic acids is 2. The van der Waals surface area contributed by atoms with Crippen LogP contribution < -0.4 is 4.74 Å². The molecular weight excluding hydrogens is 510 g/mol. The Balaban J connectivity index is 1.30. The number of imide groups is 1. The number of rotatable bonds is 6. The number of hydrogen-bond donors (Lipinski definition) is 0. The molecule has 4 aromatic rings. The summed E-state index contributed by atoms with van der Waals surface area (Å²) >= 11 is 4.55. The molecule has 0 saturated carbocycles. The van der Waals surface area contributed by atoms with Crippen LogP contribution in [0.4, 0.5) is 4.79 Å². The molecule has 0 N–H and O–H groups in total. The smallest absolute Gasteiger partial charge is 0.293 e. The topological polar surface area (TPSA) is 46.6 Å². The number of amides is 2. The lowest BCUT2D eigenvalue weighted by molar-refractivity contribution is -0.123. The first-order valence-electron chi connectivity index (χ1n) is 10.8. The van der Waals surface area contributed by atoms with Gasteiger partial charge in [-0.25, -0.2) is 0 Å². The van der Waals surface area contributed by atoms with Crippen molar-refractivity contribution in [2.75, 3.05) is 0 Å². The second-order valence-corrected chi connectivity index (χ2v) is 9.72. The van der Waals surface area contributed by atoms with Gasteiger partial charge in [-0.1, -0.05) is 78.9 Å². The molecule has 0 unspecified atom stereocenters. The van der Waals surface area contributed by atoms with Gasteiger partial charge in [0.25, 0.3) is 11.1 Å². The van der Waals surface area contributed by atoms with Gasteiger partial charge < -0.3 is 4.74 Å². The summed E-state index contributed by atoms with van der Waals surface area (Å²) in [5.74, 6) is 0.438. The molecule has 0 radical (unpaired) electrons. The summed E-state index contributed by atoms with van der Waals surface area (Å²) in [4.78, 5) is 26.9. The Morgan fingerprint density at radius 1 is 0.882 bits per heavy atom. The van der Waals surface area contributed by atoms with E-state index in [0.717, 1.165) is 32.9 Å². The summed E-state index contributed by atoms with van der Waals surface area (Å²) < 4.78 is 6.86. The van der Waals surface area contributed by atoms with Gasteiger partial charge in [-0.15, -0.1) is 0 Å². The Labute approximate surface area is 210 Å². The van der Waals surface area contributed by atoms with Crippen LogP contribution in [0.5, 0.6) is 5.75 Å². The molecular formula is C28H20BrNO3S. The molecule has 1 fully saturated rings. The fourth-order valence-electron chi connectivity index (χ4n) is 3.85. The Kier molecular flexibility index (Phi) is 6.52. The van der Waals surface area contributed by atoms with E-state index < -0.39 is 0 Å². The first kappa shape index (κ1) is 22.4. The molecule has 4 aromatic carbocycles. The third kappa shape index (κ3) is 4.79. The van der Waals surface area contributed by atoms with Crippen molar-refractivity contribution in [3.8, 4) is 5.75 Å². The molecule has 1 saturated heterocycles. The molecule has 0 atom stereocenters. The van der Waals surface area contributed by atoms with Crippen molar-refractivity contribution in [3.05, 3.63) is 117 Å². The van der Waals surface area contributed by atoms with E-state index in [9.17, 15) is 9.59 Å². The maximum atomic E-state index is 12.8. The van der Waals surface area contributed by atoms with Gasteiger partial charge in [0, 0.05) is 0 Å². The van der Waals surface area contributed by atoms with E-state index >= 15 is 0 Å². The van der Waals surface area contributed by atoms with Crippen LogP contribution in [0, 0.1) is 0 Å². The van der Waals surface area contributed by atoms with E-state index in [1.807, 2.05) is 66.7 Å². The van der Waals surface area contributed by atoms with Crippen LogP contribution in [0.25, 0.3) is 16.8 Å². The fourth-order valence-corrected chi connectivity index (χ4v) is 5.20. The number of nitrogens with zero attached hydrogens (tertiary/aromatic N) is 1. The zero-order valence-corrected chi connectivity index (χ0v) is 20.5. The molecule has 0 aliphatic carbocycles. The maximum absolute atomic E-state index is 12.8. The molecule has 0 bridgehead atoms. The molecule has 4 nitrogen and oxygen atoms in total. The standard InChI is InChI=1S/C28H20BrNO3S/c29-24-15-20(16-26-27(31)30(28(32)34-26)17-19-7-2-1-3-8-19)13-14-25(24)33-18-22-11-6-10-21-9-4-5-12-23(21)22/h1-16H,17-18H2/b26-16-. The minimum absolute atomic E-state index is 0.255. The minimum atomic E-state index is -0.272. The van der Waals surface area contributed by atoms with Crippen LogP contribution in [-0.2, 0) is 17.9 Å². The van der Waals surface area contributed by atoms with Crippen molar-refractivity contribution in [2.24, 2.45) is 0 Å². The molecule has 0 aromatic heterocycles. The van der Waals surface area contributed by atoms with Gasteiger partial charge in [0.05, 0.1) is 15.9 Å². The number of carbonyl (C=O) groups is 2. The first-order valence-corrected chi connectivity index (χ1v) is 12.4. The number of fused-ring (bicyclic) bond motifs is 1. The van der Waals surface area contributed by atoms with Crippen molar-refractivity contribution >= 4 is 55.7 Å². The third-order valence-electron chi connectivity index (χ3n) is 5.57. The lowest BCUT2D eigenvalue weighted by Crippen LogP contribution is -2.27.